The third kappa shape index (κ3) is 7.68. The maximum absolute atomic E-state index is 13.6. The molecule has 0 unspecified atom stereocenters. The molecule has 7 aromatic rings. The Morgan fingerprint density at radius 1 is 0.766 bits per heavy atom. The summed E-state index contributed by atoms with van der Waals surface area (Å²) >= 11 is 1.74. The van der Waals surface area contributed by atoms with E-state index in [1.54, 1.807) is 23.5 Å². The van der Waals surface area contributed by atoms with E-state index in [0.717, 1.165) is 33.6 Å². The van der Waals surface area contributed by atoms with Crippen LogP contribution in [0.5, 0.6) is 0 Å². The van der Waals surface area contributed by atoms with Gasteiger partial charge >= 0.3 is 0 Å². The molecule has 0 aliphatic carbocycles. The van der Waals surface area contributed by atoms with Crippen molar-refractivity contribution in [2.24, 2.45) is 0 Å². The molecule has 0 atom stereocenters. The van der Waals surface area contributed by atoms with Gasteiger partial charge in [-0.2, -0.15) is 11.3 Å². The second-order valence-electron chi connectivity index (χ2n) is 13.0. The van der Waals surface area contributed by atoms with Crippen molar-refractivity contribution in [2.75, 3.05) is 0 Å². The Kier molecular flexibility index (Phi) is 10.7. The molecule has 0 amide bonds. The second-order valence-corrected chi connectivity index (χ2v) is 19.1. The van der Waals surface area contributed by atoms with Crippen LogP contribution in [-0.4, -0.2) is 18.0 Å². The zero-order chi connectivity index (χ0) is 32.4. The number of hydrogen-bond acceptors (Lipinski definition) is 3. The van der Waals surface area contributed by atoms with Gasteiger partial charge in [-0.1, -0.05) is 86.4 Å². The summed E-state index contributed by atoms with van der Waals surface area (Å²) in [6.07, 6.45) is 3.93. The van der Waals surface area contributed by atoms with Gasteiger partial charge < -0.3 is 9.97 Å². The van der Waals surface area contributed by atoms with Crippen molar-refractivity contribution in [1.82, 2.24) is 9.97 Å². The van der Waals surface area contributed by atoms with Crippen LogP contribution in [-0.2, 0) is 20.1 Å². The molecule has 0 fully saturated rings. The van der Waals surface area contributed by atoms with E-state index in [-0.39, 0.29) is 25.9 Å². The molecule has 0 N–H and O–H groups in total. The van der Waals surface area contributed by atoms with Crippen LogP contribution in [0.2, 0.25) is 19.6 Å². The molecule has 0 aliphatic heterocycles. The number of nitrogens with zero attached hydrogens (tertiary/aromatic N) is 2. The first kappa shape index (κ1) is 34.5. The molecular weight excluding hydrogens is 792 g/mol. The molecule has 47 heavy (non-hydrogen) atoms. The number of fused-ring (bicyclic) bond motifs is 3. The molecule has 2 nitrogen and oxygen atoms in total. The average Bonchev–Trinajstić information content (AvgIpc) is 3.43. The predicted molar refractivity (Wildman–Crippen MR) is 197 cm³/mol. The van der Waals surface area contributed by atoms with E-state index in [1.807, 2.05) is 42.6 Å². The van der Waals surface area contributed by atoms with Gasteiger partial charge in [0.2, 0.25) is 0 Å². The van der Waals surface area contributed by atoms with Crippen LogP contribution in [0, 0.1) is 24.9 Å². The fourth-order valence-corrected chi connectivity index (χ4v) is 8.65. The quantitative estimate of drug-likeness (QED) is 0.128. The van der Waals surface area contributed by atoms with E-state index in [2.05, 4.69) is 111 Å². The molecule has 4 aromatic carbocycles. The first-order chi connectivity index (χ1) is 22.1. The summed E-state index contributed by atoms with van der Waals surface area (Å²) in [6, 6.07) is 38.1. The molecule has 1 radical (unpaired) electrons. The van der Waals surface area contributed by atoms with Crippen molar-refractivity contribution in [3.8, 4) is 33.6 Å². The Morgan fingerprint density at radius 3 is 2.28 bits per heavy atom. The minimum Gasteiger partial charge on any atom is -0.305 e. The molecule has 6 heteroatoms. The zero-order valence-electron chi connectivity index (χ0n) is 27.5. The summed E-state index contributed by atoms with van der Waals surface area (Å²) < 4.78 is 16.0. The fourth-order valence-electron chi connectivity index (χ4n) is 5.73. The number of aromatic nitrogens is 2. The van der Waals surface area contributed by atoms with Gasteiger partial charge in [0, 0.05) is 37.2 Å². The summed E-state index contributed by atoms with van der Waals surface area (Å²) in [5.74, 6) is 0.318. The van der Waals surface area contributed by atoms with Crippen LogP contribution in [0.25, 0.3) is 53.8 Å². The first-order valence-electron chi connectivity index (χ1n) is 15.6. The Balaban J connectivity index is 0.000000192. The predicted octanol–water partition coefficient (Wildman–Crippen LogP) is 11.2. The van der Waals surface area contributed by atoms with Crippen molar-refractivity contribution in [1.29, 1.82) is 0 Å². The van der Waals surface area contributed by atoms with Gasteiger partial charge in [0.15, 0.2) is 0 Å². The van der Waals surface area contributed by atoms with Crippen molar-refractivity contribution in [3.63, 3.8) is 0 Å². The number of thiophene rings is 1. The van der Waals surface area contributed by atoms with E-state index in [0.29, 0.717) is 5.92 Å². The molecular formula is C41H37FIrN2SSi-2. The SMILES string of the molecule is CC(C)c1cc(-c2[c-]cccc2)ncc1[Si](C)(C)C.Cc1ccnc(-c2[c-]ccc3c2sc2cc(-c4cccc(F)c4)ccc23)c1.[Ir]. The molecule has 0 spiro atoms. The number of hydrogen-bond donors (Lipinski definition) is 0. The zero-order valence-corrected chi connectivity index (χ0v) is 31.7. The molecule has 0 aliphatic rings. The largest absolute Gasteiger partial charge is 0.305 e. The number of benzene rings is 4. The van der Waals surface area contributed by atoms with E-state index in [9.17, 15) is 4.39 Å². The third-order valence-corrected chi connectivity index (χ3v) is 11.3. The maximum atomic E-state index is 13.6. The Hall–Kier alpha value is -3.80. The Labute approximate surface area is 296 Å². The van der Waals surface area contributed by atoms with Gasteiger partial charge in [0.25, 0.3) is 0 Å². The van der Waals surface area contributed by atoms with Crippen LogP contribution in [0.15, 0.2) is 109 Å². The van der Waals surface area contributed by atoms with Crippen LogP contribution in [0.3, 0.4) is 0 Å². The minimum atomic E-state index is -1.34. The van der Waals surface area contributed by atoms with Gasteiger partial charge in [0.1, 0.15) is 5.82 Å². The summed E-state index contributed by atoms with van der Waals surface area (Å²) in [7, 11) is -1.34. The second kappa shape index (κ2) is 14.5. The van der Waals surface area contributed by atoms with Crippen LogP contribution in [0.4, 0.5) is 4.39 Å². The Bertz CT molecular complexity index is 2150. The molecule has 0 saturated heterocycles. The molecule has 3 aromatic heterocycles. The standard InChI is InChI=1S/C24H15FNS.C17H22NSi.Ir/c1-15-10-11-26-22(12-15)21-7-3-6-20-19-9-8-17(14-23(19)27-24(20)21)16-4-2-5-18(25)13-16;1-13(2)15-11-16(14-9-7-6-8-10-14)18-12-17(15)19(3,4)5;/h2-6,8-14H,1H3;6-9,11-13H,1-5H3;/q2*-1;. The summed E-state index contributed by atoms with van der Waals surface area (Å²) in [4.78, 5) is 9.20. The number of pyridine rings is 2. The van der Waals surface area contributed by atoms with Crippen LogP contribution in [0.1, 0.15) is 30.9 Å². The summed E-state index contributed by atoms with van der Waals surface area (Å²) in [5.41, 5.74) is 8.62. The molecule has 0 saturated carbocycles. The first-order valence-corrected chi connectivity index (χ1v) is 19.9. The molecule has 3 heterocycles. The van der Waals surface area contributed by atoms with E-state index >= 15 is 0 Å². The van der Waals surface area contributed by atoms with Crippen molar-refractivity contribution >= 4 is 44.8 Å². The Morgan fingerprint density at radius 2 is 1.57 bits per heavy atom. The van der Waals surface area contributed by atoms with Gasteiger partial charge in [-0.05, 0) is 74.9 Å². The molecule has 7 rings (SSSR count). The monoisotopic (exact) mass is 829 g/mol. The average molecular weight is 829 g/mol. The van der Waals surface area contributed by atoms with Gasteiger partial charge in [-0.25, -0.2) is 4.39 Å². The minimum absolute atomic E-state index is 0. The maximum Gasteiger partial charge on any atom is 0.123 e. The van der Waals surface area contributed by atoms with Crippen molar-refractivity contribution in [2.45, 2.75) is 46.3 Å². The molecule has 239 valence electrons. The van der Waals surface area contributed by atoms with Crippen LogP contribution >= 0.6 is 11.3 Å². The van der Waals surface area contributed by atoms with Crippen molar-refractivity contribution in [3.05, 3.63) is 139 Å². The van der Waals surface area contributed by atoms with Crippen LogP contribution < -0.4 is 5.19 Å². The number of aryl methyl sites for hydroxylation is 1. The van der Waals surface area contributed by atoms with Gasteiger partial charge in [0.05, 0.1) is 8.07 Å². The molecule has 0 bridgehead atoms. The normalized spacial score (nSPS) is 11.3. The topological polar surface area (TPSA) is 25.8 Å². The summed E-state index contributed by atoms with van der Waals surface area (Å²) in [5, 5.41) is 3.89. The third-order valence-electron chi connectivity index (χ3n) is 8.11. The fraction of sp³-hybridized carbons (Fsp3) is 0.171. The van der Waals surface area contributed by atoms with E-state index < -0.39 is 8.07 Å². The van der Waals surface area contributed by atoms with Gasteiger partial charge in [-0.15, -0.1) is 59.7 Å². The smallest absolute Gasteiger partial charge is 0.123 e. The summed E-state index contributed by atoms with van der Waals surface area (Å²) in [6.45, 7) is 13.7. The van der Waals surface area contributed by atoms with Crippen molar-refractivity contribution < 1.29 is 24.5 Å². The van der Waals surface area contributed by atoms with E-state index in [1.165, 1.54) is 42.6 Å². The van der Waals surface area contributed by atoms with Gasteiger partial charge in [-0.3, -0.25) is 0 Å². The van der Waals surface area contributed by atoms with E-state index in [4.69, 9.17) is 0 Å². The number of halogens is 1. The number of rotatable bonds is 5.